The molecule has 39 heavy (non-hydrogen) atoms. The third-order valence-corrected chi connectivity index (χ3v) is 8.36. The van der Waals surface area contributed by atoms with Crippen molar-refractivity contribution in [3.63, 3.8) is 0 Å². The van der Waals surface area contributed by atoms with E-state index in [2.05, 4.69) is 10.6 Å². The van der Waals surface area contributed by atoms with Crippen LogP contribution in [0.15, 0.2) is 42.5 Å². The highest BCUT2D eigenvalue weighted by Crippen LogP contribution is 2.53. The number of benzene rings is 2. The predicted octanol–water partition coefficient (Wildman–Crippen LogP) is 3.70. The molecular formula is C28H37N3O7S. The number of carbonyl (C=O) groups excluding carboxylic acids is 3. The van der Waals surface area contributed by atoms with E-state index in [1.165, 1.54) is 0 Å². The Balaban J connectivity index is 1.37. The summed E-state index contributed by atoms with van der Waals surface area (Å²) in [5, 5.41) is 5.03. The molecule has 0 aliphatic carbocycles. The molecule has 0 radical (unpaired) electrons. The van der Waals surface area contributed by atoms with Gasteiger partial charge in [-0.25, -0.2) is 4.79 Å². The lowest BCUT2D eigenvalue weighted by Crippen LogP contribution is -2.63. The second kappa shape index (κ2) is 11.3. The van der Waals surface area contributed by atoms with E-state index in [1.807, 2.05) is 42.5 Å². The number of ether oxygens (including phenoxy) is 2. The monoisotopic (exact) mass is 559 g/mol. The summed E-state index contributed by atoms with van der Waals surface area (Å²) in [6.45, 7) is 5.67. The van der Waals surface area contributed by atoms with Gasteiger partial charge in [-0.1, -0.05) is 36.4 Å². The van der Waals surface area contributed by atoms with Crippen LogP contribution in [-0.2, 0) is 37.0 Å². The molecule has 2 aromatic carbocycles. The summed E-state index contributed by atoms with van der Waals surface area (Å²) in [6, 6.07) is 12.5. The van der Waals surface area contributed by atoms with Gasteiger partial charge < -0.3 is 20.5 Å². The van der Waals surface area contributed by atoms with Crippen molar-refractivity contribution in [2.45, 2.75) is 68.7 Å². The SMILES string of the molecule is CC(C)(C)OC(=O)NC1(C(=O)NC(=O)C(N)Cc2ccc(-c3ccc4c(c3)CS(O)(O)C4)cc2)CCOCC1. The number of hydrogen-bond donors (Lipinski definition) is 5. The fourth-order valence-corrected chi connectivity index (χ4v) is 6.41. The lowest BCUT2D eigenvalue weighted by Gasteiger charge is -2.36. The van der Waals surface area contributed by atoms with Gasteiger partial charge in [0.05, 0.1) is 17.5 Å². The Labute approximate surface area is 230 Å². The summed E-state index contributed by atoms with van der Waals surface area (Å²) < 4.78 is 30.7. The Morgan fingerprint density at radius 3 is 2.28 bits per heavy atom. The molecule has 0 spiro atoms. The lowest BCUT2D eigenvalue weighted by atomic mass is 9.89. The number of amides is 3. The van der Waals surface area contributed by atoms with Crippen LogP contribution >= 0.6 is 10.6 Å². The maximum atomic E-state index is 13.2. The van der Waals surface area contributed by atoms with Gasteiger partial charge in [-0.05, 0) is 61.1 Å². The van der Waals surface area contributed by atoms with E-state index >= 15 is 0 Å². The van der Waals surface area contributed by atoms with Crippen LogP contribution in [0.5, 0.6) is 0 Å². The molecule has 2 aromatic rings. The number of hydrogen-bond acceptors (Lipinski definition) is 8. The highest BCUT2D eigenvalue weighted by Gasteiger charge is 2.43. The zero-order valence-electron chi connectivity index (χ0n) is 22.5. The van der Waals surface area contributed by atoms with Crippen LogP contribution in [0.4, 0.5) is 4.79 Å². The maximum absolute atomic E-state index is 13.2. The van der Waals surface area contributed by atoms with Crippen molar-refractivity contribution in [1.82, 2.24) is 10.6 Å². The quantitative estimate of drug-likeness (QED) is 0.358. The van der Waals surface area contributed by atoms with Crippen LogP contribution in [0.1, 0.15) is 50.3 Å². The van der Waals surface area contributed by atoms with E-state index in [0.717, 1.165) is 27.8 Å². The molecule has 1 atom stereocenters. The molecule has 3 amide bonds. The summed E-state index contributed by atoms with van der Waals surface area (Å²) in [5.74, 6) is -0.701. The molecule has 0 bridgehead atoms. The first-order valence-electron chi connectivity index (χ1n) is 12.9. The van der Waals surface area contributed by atoms with E-state index in [9.17, 15) is 23.5 Å². The van der Waals surface area contributed by atoms with Crippen LogP contribution in [0.3, 0.4) is 0 Å². The predicted molar refractivity (Wildman–Crippen MR) is 149 cm³/mol. The summed E-state index contributed by atoms with van der Waals surface area (Å²) >= 11 is 0. The van der Waals surface area contributed by atoms with Crippen LogP contribution in [0, 0.1) is 0 Å². The van der Waals surface area contributed by atoms with Gasteiger partial charge in [0, 0.05) is 26.1 Å². The van der Waals surface area contributed by atoms with E-state index in [1.54, 1.807) is 20.8 Å². The molecule has 0 saturated carbocycles. The van der Waals surface area contributed by atoms with Crippen molar-refractivity contribution in [1.29, 1.82) is 0 Å². The Kier molecular flexibility index (Phi) is 8.38. The molecule has 1 saturated heterocycles. The van der Waals surface area contributed by atoms with Crippen LogP contribution in [-0.4, -0.2) is 57.4 Å². The van der Waals surface area contributed by atoms with Gasteiger partial charge in [-0.2, -0.15) is 10.6 Å². The standard InChI is InChI=1S/C28H37N3O7S/c1-27(2,3)38-26(34)31-28(10-12-37-13-11-28)25(33)30-24(32)23(29)14-18-4-6-19(7-5-18)20-8-9-21-16-39(35,36)17-22(21)15-20/h4-9,15,23,35-36H,10-14,16-17,29H2,1-3H3,(H,31,34)(H,30,32,33). The molecule has 2 heterocycles. The second-order valence-corrected chi connectivity index (χ2v) is 13.4. The molecule has 0 aromatic heterocycles. The van der Waals surface area contributed by atoms with Gasteiger partial charge >= 0.3 is 6.09 Å². The first-order chi connectivity index (χ1) is 18.3. The van der Waals surface area contributed by atoms with Gasteiger partial charge in [0.1, 0.15) is 11.1 Å². The highest BCUT2D eigenvalue weighted by atomic mass is 32.3. The third-order valence-electron chi connectivity index (χ3n) is 6.82. The number of alkyl carbamates (subject to hydrolysis) is 1. The lowest BCUT2D eigenvalue weighted by molar-refractivity contribution is -0.138. The number of imide groups is 1. The molecule has 212 valence electrons. The summed E-state index contributed by atoms with van der Waals surface area (Å²) in [4.78, 5) is 38.4. The van der Waals surface area contributed by atoms with Crippen molar-refractivity contribution in [3.8, 4) is 11.1 Å². The average Bonchev–Trinajstić information content (AvgIpc) is 3.16. The second-order valence-electron chi connectivity index (χ2n) is 11.2. The first-order valence-corrected chi connectivity index (χ1v) is 14.8. The van der Waals surface area contributed by atoms with Gasteiger partial charge in [-0.15, -0.1) is 0 Å². The topological polar surface area (TPSA) is 160 Å². The van der Waals surface area contributed by atoms with Crippen molar-refractivity contribution in [2.24, 2.45) is 5.73 Å². The number of nitrogens with one attached hydrogen (secondary N) is 2. The number of nitrogens with two attached hydrogens (primary N) is 1. The van der Waals surface area contributed by atoms with E-state index < -0.39 is 45.7 Å². The molecule has 10 nitrogen and oxygen atoms in total. The summed E-state index contributed by atoms with van der Waals surface area (Å²) in [6.07, 6.45) is -0.138. The minimum atomic E-state index is -2.57. The van der Waals surface area contributed by atoms with Gasteiger partial charge in [0.15, 0.2) is 0 Å². The van der Waals surface area contributed by atoms with E-state index in [0.29, 0.717) is 5.75 Å². The number of fused-ring (bicyclic) bond motifs is 1. The van der Waals surface area contributed by atoms with Crippen LogP contribution < -0.4 is 16.4 Å². The van der Waals surface area contributed by atoms with Crippen molar-refractivity contribution < 1.29 is 33.0 Å². The van der Waals surface area contributed by atoms with E-state index in [-0.39, 0.29) is 38.2 Å². The fraction of sp³-hybridized carbons (Fsp3) is 0.464. The van der Waals surface area contributed by atoms with Gasteiger partial charge in [0.2, 0.25) is 5.91 Å². The normalized spacial score (nSPS) is 19.3. The first kappa shape index (κ1) is 29.0. The maximum Gasteiger partial charge on any atom is 0.408 e. The van der Waals surface area contributed by atoms with E-state index in [4.69, 9.17) is 15.2 Å². The zero-order valence-corrected chi connectivity index (χ0v) is 23.3. The molecule has 2 aliphatic rings. The van der Waals surface area contributed by atoms with Gasteiger partial charge in [0.25, 0.3) is 5.91 Å². The Morgan fingerprint density at radius 1 is 1.03 bits per heavy atom. The average molecular weight is 560 g/mol. The van der Waals surface area contributed by atoms with Crippen molar-refractivity contribution in [3.05, 3.63) is 59.2 Å². The molecule has 6 N–H and O–H groups in total. The highest BCUT2D eigenvalue weighted by molar-refractivity contribution is 8.23. The zero-order chi connectivity index (χ0) is 28.4. The number of carbonyl (C=O) groups is 3. The van der Waals surface area contributed by atoms with Crippen molar-refractivity contribution in [2.75, 3.05) is 13.2 Å². The minimum Gasteiger partial charge on any atom is -0.444 e. The minimum absolute atomic E-state index is 0.198. The summed E-state index contributed by atoms with van der Waals surface area (Å²) in [7, 11) is -2.57. The smallest absolute Gasteiger partial charge is 0.408 e. The molecule has 1 unspecified atom stereocenters. The van der Waals surface area contributed by atoms with Gasteiger partial charge in [-0.3, -0.25) is 24.0 Å². The Hall–Kier alpha value is -2.96. The fourth-order valence-electron chi connectivity index (χ4n) is 4.76. The summed E-state index contributed by atoms with van der Waals surface area (Å²) in [5.41, 5.74) is 8.71. The molecule has 2 aliphatic heterocycles. The van der Waals surface area contributed by atoms with Crippen molar-refractivity contribution >= 4 is 28.5 Å². The molecular weight excluding hydrogens is 522 g/mol. The Morgan fingerprint density at radius 2 is 1.64 bits per heavy atom. The third kappa shape index (κ3) is 7.37. The molecule has 11 heteroatoms. The van der Waals surface area contributed by atoms with Crippen LogP contribution in [0.25, 0.3) is 11.1 Å². The number of rotatable bonds is 6. The molecule has 4 rings (SSSR count). The largest absolute Gasteiger partial charge is 0.444 e. The van der Waals surface area contributed by atoms with Crippen LogP contribution in [0.2, 0.25) is 0 Å². The molecule has 1 fully saturated rings. The Bertz CT molecular complexity index is 1230.